The average molecular weight is 230 g/mol. The highest BCUT2D eigenvalue weighted by Crippen LogP contribution is 2.39. The summed E-state index contributed by atoms with van der Waals surface area (Å²) in [6.07, 6.45) is 0. The molecule has 0 aliphatic carbocycles. The second-order valence-electron chi connectivity index (χ2n) is 2.41. The Kier molecular flexibility index (Phi) is 2.77. The fraction of sp³-hybridized carbons (Fsp3) is 0. The van der Waals surface area contributed by atoms with Crippen LogP contribution in [0.3, 0.4) is 0 Å². The Morgan fingerprint density at radius 3 is 1.87 bits per heavy atom. The Hall–Kier alpha value is -2.27. The first kappa shape index (κ1) is 10.8. The van der Waals surface area contributed by atoms with Crippen LogP contribution in [0.2, 0.25) is 5.02 Å². The third-order valence-electron chi connectivity index (χ3n) is 1.53. The molecule has 0 bridgehead atoms. The zero-order chi connectivity index (χ0) is 11.6. The number of nitrogens with zero attached hydrogens (tertiary/aromatic N) is 4. The molecular formula is C6H2ClN4O4+. The van der Waals surface area contributed by atoms with Crippen molar-refractivity contribution in [1.82, 2.24) is 0 Å². The largest absolute Gasteiger partial charge is 0.536 e. The van der Waals surface area contributed by atoms with Gasteiger partial charge in [-0.2, -0.15) is 0 Å². The Morgan fingerprint density at radius 2 is 1.60 bits per heavy atom. The van der Waals surface area contributed by atoms with E-state index in [0.29, 0.717) is 0 Å². The Balaban J connectivity index is 3.62. The Bertz CT molecular complexity index is 459. The van der Waals surface area contributed by atoms with Crippen LogP contribution in [-0.2, 0) is 0 Å². The van der Waals surface area contributed by atoms with Gasteiger partial charge >= 0.3 is 17.1 Å². The molecule has 0 saturated heterocycles. The lowest BCUT2D eigenvalue weighted by molar-refractivity contribution is -0.392. The number of halogens is 1. The monoisotopic (exact) mass is 229 g/mol. The standard InChI is InChI=1S/C6H2ClN4O4/c7-3-1-4(10(12)13)6(9-8)5(2-3)11(14)15/h1-2H/q+1. The third-order valence-corrected chi connectivity index (χ3v) is 1.75. The van der Waals surface area contributed by atoms with E-state index in [4.69, 9.17) is 17.0 Å². The Labute approximate surface area is 87.0 Å². The number of hydrogen-bond donors (Lipinski definition) is 0. The molecule has 0 radical (unpaired) electrons. The van der Waals surface area contributed by atoms with Crippen molar-refractivity contribution in [2.45, 2.75) is 0 Å². The van der Waals surface area contributed by atoms with Crippen LogP contribution >= 0.6 is 11.6 Å². The fourth-order valence-electron chi connectivity index (χ4n) is 0.952. The van der Waals surface area contributed by atoms with Gasteiger partial charge in [-0.15, -0.1) is 0 Å². The highest BCUT2D eigenvalue weighted by molar-refractivity contribution is 6.31. The molecular weight excluding hydrogens is 228 g/mol. The van der Waals surface area contributed by atoms with Gasteiger partial charge in [0.05, 0.1) is 14.9 Å². The molecule has 0 amide bonds. The van der Waals surface area contributed by atoms with Gasteiger partial charge in [-0.05, 0) is 0 Å². The van der Waals surface area contributed by atoms with Gasteiger partial charge in [-0.1, -0.05) is 11.6 Å². The lowest BCUT2D eigenvalue weighted by Crippen LogP contribution is -1.93. The molecule has 0 unspecified atom stereocenters. The first-order valence-corrected chi connectivity index (χ1v) is 3.82. The van der Waals surface area contributed by atoms with E-state index in [2.05, 4.69) is 4.98 Å². The number of benzene rings is 1. The quantitative estimate of drug-likeness (QED) is 0.439. The molecule has 0 fully saturated rings. The summed E-state index contributed by atoms with van der Waals surface area (Å²) < 4.78 is 0. The molecule has 1 rings (SSSR count). The summed E-state index contributed by atoms with van der Waals surface area (Å²) in [4.78, 5) is 21.6. The van der Waals surface area contributed by atoms with Crippen molar-refractivity contribution in [2.24, 2.45) is 0 Å². The van der Waals surface area contributed by atoms with Crippen LogP contribution in [0.25, 0.3) is 4.98 Å². The minimum Gasteiger partial charge on any atom is -0.258 e. The van der Waals surface area contributed by atoms with Crippen molar-refractivity contribution < 1.29 is 9.85 Å². The van der Waals surface area contributed by atoms with E-state index in [1.165, 1.54) is 0 Å². The van der Waals surface area contributed by atoms with Crippen molar-refractivity contribution >= 4 is 28.7 Å². The molecule has 0 saturated carbocycles. The van der Waals surface area contributed by atoms with Gasteiger partial charge in [0, 0.05) is 12.1 Å². The van der Waals surface area contributed by atoms with Gasteiger partial charge in [-0.3, -0.25) is 20.2 Å². The maximum Gasteiger partial charge on any atom is 0.536 e. The maximum atomic E-state index is 10.5. The van der Waals surface area contributed by atoms with E-state index in [-0.39, 0.29) is 5.02 Å². The molecule has 8 nitrogen and oxygen atoms in total. The minimum atomic E-state index is -0.923. The summed E-state index contributed by atoms with van der Waals surface area (Å²) in [7, 11) is 0. The number of rotatable bonds is 2. The predicted octanol–water partition coefficient (Wildman–Crippen LogP) is 2.64. The van der Waals surface area contributed by atoms with Gasteiger partial charge in [-0.25, -0.2) is 0 Å². The molecule has 0 aromatic heterocycles. The zero-order valence-corrected chi connectivity index (χ0v) is 7.71. The topological polar surface area (TPSA) is 114 Å². The summed E-state index contributed by atoms with van der Waals surface area (Å²) in [5.41, 5.74) is -2.18. The van der Waals surface area contributed by atoms with E-state index < -0.39 is 26.9 Å². The average Bonchev–Trinajstić information content (AvgIpc) is 2.16. The van der Waals surface area contributed by atoms with Gasteiger partial charge in [0.25, 0.3) is 0 Å². The lowest BCUT2D eigenvalue weighted by atomic mass is 10.2. The van der Waals surface area contributed by atoms with Crippen LogP contribution in [0.1, 0.15) is 0 Å². The molecule has 15 heavy (non-hydrogen) atoms. The van der Waals surface area contributed by atoms with Crippen molar-refractivity contribution in [3.8, 4) is 0 Å². The minimum absolute atomic E-state index is 0.180. The molecule has 1 aromatic rings. The fourth-order valence-corrected chi connectivity index (χ4v) is 1.16. The van der Waals surface area contributed by atoms with Crippen LogP contribution in [0.5, 0.6) is 0 Å². The van der Waals surface area contributed by atoms with Gasteiger partial charge in [0.1, 0.15) is 0 Å². The SMILES string of the molecule is N#[N+]c1c([N+](=O)[O-])cc(Cl)cc1[N+](=O)[O-]. The van der Waals surface area contributed by atoms with Crippen LogP contribution in [0.4, 0.5) is 17.1 Å². The van der Waals surface area contributed by atoms with Crippen LogP contribution in [-0.4, -0.2) is 9.85 Å². The predicted molar refractivity (Wildman–Crippen MR) is 49.5 cm³/mol. The van der Waals surface area contributed by atoms with Crippen LogP contribution < -0.4 is 0 Å². The normalized spacial score (nSPS) is 9.33. The molecule has 0 heterocycles. The molecule has 0 aliphatic rings. The molecule has 0 N–H and O–H groups in total. The first-order valence-electron chi connectivity index (χ1n) is 3.44. The molecule has 0 aliphatic heterocycles. The smallest absolute Gasteiger partial charge is 0.258 e. The molecule has 0 atom stereocenters. The Morgan fingerprint density at radius 1 is 1.20 bits per heavy atom. The molecule has 0 spiro atoms. The van der Waals surface area contributed by atoms with Gasteiger partial charge in [0.2, 0.25) is 5.39 Å². The van der Waals surface area contributed by atoms with Gasteiger partial charge in [0.15, 0.2) is 4.98 Å². The van der Waals surface area contributed by atoms with Crippen molar-refractivity contribution in [3.63, 3.8) is 0 Å². The summed E-state index contributed by atoms with van der Waals surface area (Å²) in [6.45, 7) is 0. The highest BCUT2D eigenvalue weighted by Gasteiger charge is 2.37. The summed E-state index contributed by atoms with van der Waals surface area (Å²) in [5.74, 6) is 0. The van der Waals surface area contributed by atoms with E-state index in [1.54, 1.807) is 0 Å². The second kappa shape index (κ2) is 3.85. The van der Waals surface area contributed by atoms with Crippen LogP contribution in [0, 0.1) is 25.6 Å². The van der Waals surface area contributed by atoms with Crippen molar-refractivity contribution in [3.05, 3.63) is 42.4 Å². The maximum absolute atomic E-state index is 10.5. The third kappa shape index (κ3) is 1.97. The zero-order valence-electron chi connectivity index (χ0n) is 6.95. The van der Waals surface area contributed by atoms with E-state index in [9.17, 15) is 20.2 Å². The number of nitro groups is 2. The van der Waals surface area contributed by atoms with E-state index in [0.717, 1.165) is 12.1 Å². The number of diazo groups is 1. The summed E-state index contributed by atoms with van der Waals surface area (Å²) in [5, 5.41) is 29.2. The number of hydrogen-bond acceptors (Lipinski definition) is 5. The molecule has 9 heteroatoms. The van der Waals surface area contributed by atoms with Crippen molar-refractivity contribution in [2.75, 3.05) is 0 Å². The molecule has 1 aromatic carbocycles. The van der Waals surface area contributed by atoms with E-state index >= 15 is 0 Å². The summed E-state index contributed by atoms with van der Waals surface area (Å²) >= 11 is 5.43. The highest BCUT2D eigenvalue weighted by atomic mass is 35.5. The van der Waals surface area contributed by atoms with Crippen LogP contribution in [0.15, 0.2) is 12.1 Å². The number of nitro benzene ring substituents is 2. The van der Waals surface area contributed by atoms with Gasteiger partial charge < -0.3 is 0 Å². The molecule has 76 valence electrons. The second-order valence-corrected chi connectivity index (χ2v) is 2.84. The lowest BCUT2D eigenvalue weighted by Gasteiger charge is -1.91. The van der Waals surface area contributed by atoms with Crippen molar-refractivity contribution in [1.29, 1.82) is 5.39 Å². The van der Waals surface area contributed by atoms with E-state index in [1.807, 2.05) is 0 Å². The first-order chi connectivity index (χ1) is 6.97. The summed E-state index contributed by atoms with van der Waals surface area (Å²) in [6, 6.07) is 1.73.